The molecule has 0 radical (unpaired) electrons. The molecule has 14 heteroatoms. The van der Waals surface area contributed by atoms with E-state index in [0.717, 1.165) is 6.07 Å². The van der Waals surface area contributed by atoms with Gasteiger partial charge in [0.15, 0.2) is 17.1 Å². The lowest BCUT2D eigenvalue weighted by Gasteiger charge is -2.50. The van der Waals surface area contributed by atoms with Crippen LogP contribution in [0.25, 0.3) is 5.76 Å². The molecule has 226 valence electrons. The fourth-order valence-corrected chi connectivity index (χ4v) is 6.48. The van der Waals surface area contributed by atoms with Gasteiger partial charge in [0.25, 0.3) is 5.91 Å². The van der Waals surface area contributed by atoms with Crippen LogP contribution in [0.5, 0.6) is 5.75 Å². The molecule has 0 heterocycles. The number of nitrogens with zero attached hydrogens (tertiary/aromatic N) is 1. The SMILES string of the molecule is CNc1cc(NC(=O)Nc2cccc(F)c2)c(O)c2c1C[C@H]1C[C@H]3[C@@H](N(C)C)C(=O)C(C(N)=O)=C(O)[C@@]3(O)C(=O)C1=C2O. The number of fused-ring (bicyclic) bond motifs is 3. The summed E-state index contributed by atoms with van der Waals surface area (Å²) in [6.45, 7) is 0. The number of anilines is 3. The van der Waals surface area contributed by atoms with Crippen LogP contribution in [-0.2, 0) is 20.8 Å². The van der Waals surface area contributed by atoms with Gasteiger partial charge in [-0.25, -0.2) is 9.18 Å². The number of phenolic OH excluding ortho intramolecular Hbond substituents is 1. The fourth-order valence-electron chi connectivity index (χ4n) is 6.48. The van der Waals surface area contributed by atoms with Crippen molar-refractivity contribution in [3.05, 3.63) is 64.2 Å². The number of carbonyl (C=O) groups is 4. The maximum Gasteiger partial charge on any atom is 0.323 e. The van der Waals surface area contributed by atoms with Crippen LogP contribution < -0.4 is 21.7 Å². The third-order valence-electron chi connectivity index (χ3n) is 8.32. The van der Waals surface area contributed by atoms with Gasteiger partial charge in [0.1, 0.15) is 22.9 Å². The van der Waals surface area contributed by atoms with Crippen LogP contribution in [0.4, 0.5) is 26.2 Å². The number of phenols is 1. The van der Waals surface area contributed by atoms with Crippen molar-refractivity contribution in [1.29, 1.82) is 0 Å². The minimum atomic E-state index is -2.77. The molecule has 0 aromatic heterocycles. The van der Waals surface area contributed by atoms with E-state index in [9.17, 15) is 44.0 Å². The Morgan fingerprint density at radius 1 is 1.09 bits per heavy atom. The number of rotatable bonds is 5. The number of nitrogens with one attached hydrogen (secondary N) is 3. The quantitative estimate of drug-likeness (QED) is 0.142. The lowest BCUT2D eigenvalue weighted by molar-refractivity contribution is -0.153. The molecule has 5 rings (SSSR count). The van der Waals surface area contributed by atoms with Crippen molar-refractivity contribution in [2.45, 2.75) is 24.5 Å². The maximum atomic E-state index is 14.0. The minimum absolute atomic E-state index is 0.0635. The summed E-state index contributed by atoms with van der Waals surface area (Å²) in [5.74, 6) is -8.36. The van der Waals surface area contributed by atoms with Gasteiger partial charge in [-0.05, 0) is 62.7 Å². The zero-order valence-corrected chi connectivity index (χ0v) is 23.4. The molecule has 0 bridgehead atoms. The van der Waals surface area contributed by atoms with Gasteiger partial charge in [-0.2, -0.15) is 0 Å². The predicted molar refractivity (Wildman–Crippen MR) is 153 cm³/mol. The van der Waals surface area contributed by atoms with E-state index in [1.54, 1.807) is 7.05 Å². The van der Waals surface area contributed by atoms with Crippen molar-refractivity contribution in [3.63, 3.8) is 0 Å². The molecule has 43 heavy (non-hydrogen) atoms. The van der Waals surface area contributed by atoms with Gasteiger partial charge in [0.05, 0.1) is 17.3 Å². The number of halogens is 1. The number of aliphatic hydroxyl groups excluding tert-OH is 2. The molecule has 13 nitrogen and oxygen atoms in total. The highest BCUT2D eigenvalue weighted by molar-refractivity contribution is 6.24. The summed E-state index contributed by atoms with van der Waals surface area (Å²) >= 11 is 0. The summed E-state index contributed by atoms with van der Waals surface area (Å²) in [5, 5.41) is 53.2. The Kier molecular flexibility index (Phi) is 7.14. The van der Waals surface area contributed by atoms with E-state index in [2.05, 4.69) is 16.0 Å². The van der Waals surface area contributed by atoms with Gasteiger partial charge in [-0.15, -0.1) is 0 Å². The molecule has 3 aliphatic carbocycles. The molecule has 1 fully saturated rings. The molecule has 0 aliphatic heterocycles. The smallest absolute Gasteiger partial charge is 0.323 e. The van der Waals surface area contributed by atoms with Crippen LogP contribution in [0.3, 0.4) is 0 Å². The summed E-state index contributed by atoms with van der Waals surface area (Å²) < 4.78 is 13.5. The predicted octanol–water partition coefficient (Wildman–Crippen LogP) is 1.79. The lowest BCUT2D eigenvalue weighted by Crippen LogP contribution is -2.65. The average molecular weight is 596 g/mol. The third-order valence-corrected chi connectivity index (χ3v) is 8.32. The number of aliphatic hydroxyl groups is 3. The first-order valence-corrected chi connectivity index (χ1v) is 13.3. The van der Waals surface area contributed by atoms with Crippen molar-refractivity contribution in [2.75, 3.05) is 37.1 Å². The zero-order chi connectivity index (χ0) is 31.5. The Morgan fingerprint density at radius 2 is 1.79 bits per heavy atom. The van der Waals surface area contributed by atoms with Crippen molar-refractivity contribution < 1.29 is 44.0 Å². The molecule has 0 unspecified atom stereocenters. The number of nitrogens with two attached hydrogens (primary N) is 1. The molecule has 1 saturated carbocycles. The number of primary amides is 1. The Balaban J connectivity index is 1.61. The first kappa shape index (κ1) is 29.5. The highest BCUT2D eigenvalue weighted by Crippen LogP contribution is 2.54. The number of aromatic hydroxyl groups is 1. The van der Waals surface area contributed by atoms with Gasteiger partial charge in [0.2, 0.25) is 5.78 Å². The van der Waals surface area contributed by atoms with Gasteiger partial charge in [0, 0.05) is 29.9 Å². The van der Waals surface area contributed by atoms with E-state index < -0.39 is 75.6 Å². The first-order chi connectivity index (χ1) is 20.2. The van der Waals surface area contributed by atoms with E-state index in [1.165, 1.54) is 43.3 Å². The van der Waals surface area contributed by atoms with Crippen LogP contribution in [0.2, 0.25) is 0 Å². The van der Waals surface area contributed by atoms with Crippen LogP contribution in [0.1, 0.15) is 17.5 Å². The van der Waals surface area contributed by atoms with Gasteiger partial charge in [-0.3, -0.25) is 19.3 Å². The number of hydrogen-bond acceptors (Lipinski definition) is 10. The first-order valence-electron chi connectivity index (χ1n) is 13.3. The Morgan fingerprint density at radius 3 is 2.40 bits per heavy atom. The Hall–Kier alpha value is -4.95. The zero-order valence-electron chi connectivity index (χ0n) is 23.4. The molecular weight excluding hydrogens is 565 g/mol. The summed E-state index contributed by atoms with van der Waals surface area (Å²) in [6, 6.07) is 4.50. The average Bonchev–Trinajstić information content (AvgIpc) is 2.91. The third kappa shape index (κ3) is 4.46. The van der Waals surface area contributed by atoms with Gasteiger partial charge >= 0.3 is 6.03 Å². The summed E-state index contributed by atoms with van der Waals surface area (Å²) in [7, 11) is 4.60. The van der Waals surface area contributed by atoms with Crippen molar-refractivity contribution in [3.8, 4) is 5.75 Å². The number of ketones is 2. The van der Waals surface area contributed by atoms with E-state index in [4.69, 9.17) is 5.73 Å². The fraction of sp³-hybridized carbons (Fsp3) is 0.310. The van der Waals surface area contributed by atoms with E-state index in [1.807, 2.05) is 0 Å². The number of carbonyl (C=O) groups excluding carboxylic acids is 4. The van der Waals surface area contributed by atoms with Crippen LogP contribution in [-0.4, -0.2) is 81.6 Å². The largest absolute Gasteiger partial charge is 0.508 e. The topological polar surface area (TPSA) is 215 Å². The molecule has 2 aromatic carbocycles. The molecule has 0 spiro atoms. The second-order valence-electron chi connectivity index (χ2n) is 11.0. The Bertz CT molecular complexity index is 1670. The van der Waals surface area contributed by atoms with Gasteiger partial charge < -0.3 is 42.1 Å². The van der Waals surface area contributed by atoms with Crippen LogP contribution in [0, 0.1) is 17.7 Å². The normalized spacial score (nSPS) is 24.7. The van der Waals surface area contributed by atoms with Crippen LogP contribution >= 0.6 is 0 Å². The summed E-state index contributed by atoms with van der Waals surface area (Å²) in [6.07, 6.45) is -0.000237. The minimum Gasteiger partial charge on any atom is -0.508 e. The second kappa shape index (κ2) is 10.4. The van der Waals surface area contributed by atoms with Crippen molar-refractivity contribution in [1.82, 2.24) is 4.90 Å². The number of hydrogen-bond donors (Lipinski definition) is 8. The molecular formula is C29H30FN5O8. The molecule has 9 N–H and O–H groups in total. The van der Waals surface area contributed by atoms with Crippen LogP contribution in [0.15, 0.2) is 47.2 Å². The monoisotopic (exact) mass is 595 g/mol. The number of benzene rings is 2. The van der Waals surface area contributed by atoms with Crippen molar-refractivity contribution >= 4 is 46.3 Å². The summed E-state index contributed by atoms with van der Waals surface area (Å²) in [5.41, 5.74) is 1.88. The van der Waals surface area contributed by atoms with E-state index in [0.29, 0.717) is 11.3 Å². The lowest BCUT2D eigenvalue weighted by atomic mass is 9.57. The van der Waals surface area contributed by atoms with Crippen molar-refractivity contribution in [2.24, 2.45) is 17.6 Å². The van der Waals surface area contributed by atoms with E-state index in [-0.39, 0.29) is 35.4 Å². The number of Topliss-reactive ketones (excluding diaryl/α,β-unsaturated/α-hetero) is 2. The number of urea groups is 1. The summed E-state index contributed by atoms with van der Waals surface area (Å²) in [4.78, 5) is 53.4. The molecule has 2 aromatic rings. The Labute approximate surface area is 244 Å². The van der Waals surface area contributed by atoms with Gasteiger partial charge in [-0.1, -0.05) is 6.07 Å². The second-order valence-corrected chi connectivity index (χ2v) is 11.0. The molecule has 3 amide bonds. The molecule has 4 atom stereocenters. The highest BCUT2D eigenvalue weighted by Gasteiger charge is 2.64. The standard InChI is InChI=1S/C29H30FN5O8/c1-32-16-10-17(34-28(42)33-13-6-4-5-12(30)9-13)22(36)19-14(16)7-11-8-15-21(35(2)3)24(38)20(27(31)41)26(40)29(15,43)25(39)18(11)23(19)37/h4-6,9-11,15,21,32,36-37,40,43H,7-8H2,1-3H3,(H2,31,41)(H2,33,34,42)/t11-,15-,21+,29-/m0/s1. The molecule has 3 aliphatic rings. The molecule has 0 saturated heterocycles. The van der Waals surface area contributed by atoms with E-state index >= 15 is 0 Å². The number of likely N-dealkylation sites (N-methyl/N-ethyl adjacent to an activating group) is 1. The maximum absolute atomic E-state index is 14.0. The number of amides is 3. The highest BCUT2D eigenvalue weighted by atomic mass is 19.1.